The second-order valence-corrected chi connectivity index (χ2v) is 8.22. The van der Waals surface area contributed by atoms with Crippen molar-refractivity contribution in [1.29, 1.82) is 0 Å². The highest BCUT2D eigenvalue weighted by Gasteiger charge is 2.31. The van der Waals surface area contributed by atoms with E-state index in [-0.39, 0.29) is 16.0 Å². The molecule has 0 radical (unpaired) electrons. The molecule has 6 nitrogen and oxygen atoms in total. The molecule has 1 aromatic heterocycles. The number of ether oxygens (including phenoxy) is 2. The van der Waals surface area contributed by atoms with Crippen LogP contribution in [0.1, 0.15) is 19.8 Å². The molecule has 1 saturated heterocycles. The Labute approximate surface area is 175 Å². The minimum atomic E-state index is -0.302. The predicted molar refractivity (Wildman–Crippen MR) is 112 cm³/mol. The zero-order chi connectivity index (χ0) is 20.1. The number of piperidine rings is 1. The van der Waals surface area contributed by atoms with Gasteiger partial charge in [-0.05, 0) is 42.5 Å². The lowest BCUT2D eigenvalue weighted by molar-refractivity contribution is 0.0731. The van der Waals surface area contributed by atoms with Gasteiger partial charge < -0.3 is 14.4 Å². The smallest absolute Gasteiger partial charge is 0.287 e. The van der Waals surface area contributed by atoms with Crippen molar-refractivity contribution in [3.8, 4) is 5.75 Å². The van der Waals surface area contributed by atoms with E-state index >= 15 is 0 Å². The molecular formula is C20H25Cl2N3O3. The zero-order valence-corrected chi connectivity index (χ0v) is 17.7. The van der Waals surface area contributed by atoms with Crippen LogP contribution < -0.4 is 15.2 Å². The Hall–Kier alpha value is -1.76. The van der Waals surface area contributed by atoms with Gasteiger partial charge in [0.2, 0.25) is 0 Å². The summed E-state index contributed by atoms with van der Waals surface area (Å²) in [5, 5.41) is 5.14. The maximum atomic E-state index is 12.6. The Bertz CT molecular complexity index is 847. The molecule has 0 bridgehead atoms. The van der Waals surface area contributed by atoms with E-state index in [1.165, 1.54) is 4.68 Å². The van der Waals surface area contributed by atoms with Gasteiger partial charge in [0.1, 0.15) is 17.4 Å². The first-order chi connectivity index (χ1) is 13.4. The number of anilines is 1. The zero-order valence-electron chi connectivity index (χ0n) is 16.2. The first kappa shape index (κ1) is 21.0. The van der Waals surface area contributed by atoms with Gasteiger partial charge in [-0.25, -0.2) is 4.68 Å². The maximum Gasteiger partial charge on any atom is 0.287 e. The Balaban J connectivity index is 1.61. The minimum absolute atomic E-state index is 0.166. The molecule has 0 N–H and O–H groups in total. The molecule has 0 saturated carbocycles. The summed E-state index contributed by atoms with van der Waals surface area (Å²) in [4.78, 5) is 14.7. The number of methoxy groups -OCH3 is 1. The third-order valence-corrected chi connectivity index (χ3v) is 5.76. The summed E-state index contributed by atoms with van der Waals surface area (Å²) in [6, 6.07) is 7.07. The summed E-state index contributed by atoms with van der Waals surface area (Å²) in [6.07, 6.45) is 3.63. The molecule has 1 aromatic carbocycles. The van der Waals surface area contributed by atoms with Gasteiger partial charge in [-0.2, -0.15) is 5.10 Å². The van der Waals surface area contributed by atoms with Gasteiger partial charge in [0.05, 0.1) is 25.0 Å². The van der Waals surface area contributed by atoms with Crippen molar-refractivity contribution >= 4 is 28.9 Å². The SMILES string of the molecule is COCC1(C)CCN(c2cnn(CCOc3ccc(Cl)cc3)c(=O)c2Cl)CC1. The van der Waals surface area contributed by atoms with E-state index in [2.05, 4.69) is 16.9 Å². The first-order valence-electron chi connectivity index (χ1n) is 9.30. The number of rotatable bonds is 7. The average molecular weight is 426 g/mol. The molecule has 28 heavy (non-hydrogen) atoms. The molecule has 0 atom stereocenters. The highest BCUT2D eigenvalue weighted by molar-refractivity contribution is 6.33. The Morgan fingerprint density at radius 3 is 2.50 bits per heavy atom. The van der Waals surface area contributed by atoms with E-state index in [0.717, 1.165) is 32.5 Å². The second-order valence-electron chi connectivity index (χ2n) is 7.41. The van der Waals surface area contributed by atoms with Crippen LogP contribution in [0.3, 0.4) is 0 Å². The highest BCUT2D eigenvalue weighted by Crippen LogP contribution is 2.34. The van der Waals surface area contributed by atoms with Crippen LogP contribution >= 0.6 is 23.2 Å². The highest BCUT2D eigenvalue weighted by atomic mass is 35.5. The lowest BCUT2D eigenvalue weighted by atomic mass is 9.81. The fourth-order valence-corrected chi connectivity index (χ4v) is 3.79. The molecule has 0 amide bonds. The summed E-state index contributed by atoms with van der Waals surface area (Å²) in [5.41, 5.74) is 0.559. The van der Waals surface area contributed by atoms with Gasteiger partial charge in [0.25, 0.3) is 5.56 Å². The molecule has 2 heterocycles. The topological polar surface area (TPSA) is 56.6 Å². The first-order valence-corrected chi connectivity index (χ1v) is 10.1. The molecule has 1 aliphatic rings. The van der Waals surface area contributed by atoms with Crippen LogP contribution in [0.4, 0.5) is 5.69 Å². The van der Waals surface area contributed by atoms with Crippen molar-refractivity contribution in [2.24, 2.45) is 5.41 Å². The number of halogens is 2. The second kappa shape index (κ2) is 9.16. The monoisotopic (exact) mass is 425 g/mol. The van der Waals surface area contributed by atoms with Crippen LogP contribution in [0.2, 0.25) is 10.0 Å². The van der Waals surface area contributed by atoms with Gasteiger partial charge in [-0.1, -0.05) is 30.1 Å². The van der Waals surface area contributed by atoms with Crippen molar-refractivity contribution in [3.05, 3.63) is 50.9 Å². The Morgan fingerprint density at radius 2 is 1.86 bits per heavy atom. The minimum Gasteiger partial charge on any atom is -0.492 e. The summed E-state index contributed by atoms with van der Waals surface area (Å²) in [6.45, 7) is 5.24. The largest absolute Gasteiger partial charge is 0.492 e. The summed E-state index contributed by atoms with van der Waals surface area (Å²) in [5.74, 6) is 0.688. The molecule has 0 aliphatic carbocycles. The predicted octanol–water partition coefficient (Wildman–Crippen LogP) is 3.88. The maximum absolute atomic E-state index is 12.6. The van der Waals surface area contributed by atoms with Crippen molar-refractivity contribution in [2.75, 3.05) is 38.3 Å². The molecule has 8 heteroatoms. The third-order valence-electron chi connectivity index (χ3n) is 5.16. The van der Waals surface area contributed by atoms with E-state index in [9.17, 15) is 4.79 Å². The fraction of sp³-hybridized carbons (Fsp3) is 0.500. The van der Waals surface area contributed by atoms with Crippen molar-refractivity contribution in [2.45, 2.75) is 26.3 Å². The average Bonchev–Trinajstić information content (AvgIpc) is 2.68. The summed E-state index contributed by atoms with van der Waals surface area (Å²) >= 11 is 12.2. The van der Waals surface area contributed by atoms with Crippen LogP contribution in [0.25, 0.3) is 0 Å². The van der Waals surface area contributed by atoms with E-state index < -0.39 is 0 Å². The van der Waals surface area contributed by atoms with Gasteiger partial charge in [-0.15, -0.1) is 0 Å². The van der Waals surface area contributed by atoms with Crippen molar-refractivity contribution in [1.82, 2.24) is 9.78 Å². The van der Waals surface area contributed by atoms with Crippen molar-refractivity contribution < 1.29 is 9.47 Å². The quantitative estimate of drug-likeness (QED) is 0.673. The molecule has 1 fully saturated rings. The summed E-state index contributed by atoms with van der Waals surface area (Å²) in [7, 11) is 1.73. The normalized spacial score (nSPS) is 16.2. The number of nitrogens with zero attached hydrogens (tertiary/aromatic N) is 3. The summed E-state index contributed by atoms with van der Waals surface area (Å²) < 4.78 is 12.3. The van der Waals surface area contributed by atoms with Crippen LogP contribution in [-0.2, 0) is 11.3 Å². The van der Waals surface area contributed by atoms with Crippen LogP contribution in [-0.4, -0.2) is 43.2 Å². The molecular weight excluding hydrogens is 401 g/mol. The number of aromatic nitrogens is 2. The van der Waals surface area contributed by atoms with Gasteiger partial charge >= 0.3 is 0 Å². The molecule has 2 aromatic rings. The molecule has 152 valence electrons. The van der Waals surface area contributed by atoms with Crippen LogP contribution in [0.15, 0.2) is 35.3 Å². The Kier molecular flexibility index (Phi) is 6.86. The number of hydrogen-bond donors (Lipinski definition) is 0. The lowest BCUT2D eigenvalue weighted by Crippen LogP contribution is -2.41. The molecule has 0 unspecified atom stereocenters. The number of hydrogen-bond acceptors (Lipinski definition) is 5. The third kappa shape index (κ3) is 4.99. The van der Waals surface area contributed by atoms with Gasteiger partial charge in [0.15, 0.2) is 0 Å². The van der Waals surface area contributed by atoms with Gasteiger partial charge in [0, 0.05) is 25.2 Å². The lowest BCUT2D eigenvalue weighted by Gasteiger charge is -2.40. The molecule has 3 rings (SSSR count). The van der Waals surface area contributed by atoms with E-state index in [1.54, 1.807) is 37.6 Å². The van der Waals surface area contributed by atoms with E-state index in [4.69, 9.17) is 32.7 Å². The fourth-order valence-electron chi connectivity index (χ4n) is 3.40. The number of benzene rings is 1. The molecule has 1 aliphatic heterocycles. The van der Waals surface area contributed by atoms with Crippen LogP contribution in [0.5, 0.6) is 5.75 Å². The Morgan fingerprint density at radius 1 is 1.18 bits per heavy atom. The van der Waals surface area contributed by atoms with E-state index in [0.29, 0.717) is 29.6 Å². The van der Waals surface area contributed by atoms with Crippen LogP contribution in [0, 0.1) is 5.41 Å². The van der Waals surface area contributed by atoms with Gasteiger partial charge in [-0.3, -0.25) is 4.79 Å². The van der Waals surface area contributed by atoms with E-state index in [1.807, 2.05) is 0 Å². The standard InChI is InChI=1S/C20H25Cl2N3O3/c1-20(14-27-2)7-9-24(10-8-20)17-13-23-25(19(26)18(17)22)11-12-28-16-5-3-15(21)4-6-16/h3-6,13H,7-12,14H2,1-2H3. The van der Waals surface area contributed by atoms with Crippen molar-refractivity contribution in [3.63, 3.8) is 0 Å². The molecule has 0 spiro atoms.